The Bertz CT molecular complexity index is 602. The van der Waals surface area contributed by atoms with Crippen LogP contribution in [0.15, 0.2) is 41.0 Å². The largest absolute Gasteiger partial charge is 0.493 e. The molecule has 0 fully saturated rings. The molecule has 1 aromatic heterocycles. The third-order valence-electron chi connectivity index (χ3n) is 3.17. The van der Waals surface area contributed by atoms with E-state index in [-0.39, 0.29) is 0 Å². The van der Waals surface area contributed by atoms with Crippen molar-refractivity contribution in [2.75, 3.05) is 20.8 Å². The van der Waals surface area contributed by atoms with Gasteiger partial charge in [-0.15, -0.1) is 0 Å². The first-order valence-corrected chi connectivity index (χ1v) is 6.65. The summed E-state index contributed by atoms with van der Waals surface area (Å²) in [5.74, 6) is 2.04. The second kappa shape index (κ2) is 7.36. The molecule has 1 heterocycles. The summed E-state index contributed by atoms with van der Waals surface area (Å²) in [5, 5.41) is 12.3. The number of nitrogens with zero attached hydrogens (tertiary/aromatic N) is 1. The van der Waals surface area contributed by atoms with E-state index < -0.39 is 6.04 Å². The Kier molecular flexibility index (Phi) is 5.24. The van der Waals surface area contributed by atoms with Crippen LogP contribution in [-0.4, -0.2) is 20.8 Å². The molecule has 2 rings (SSSR count). The van der Waals surface area contributed by atoms with Crippen LogP contribution in [0.2, 0.25) is 0 Å². The van der Waals surface area contributed by atoms with Gasteiger partial charge >= 0.3 is 0 Å². The molecule has 1 N–H and O–H groups in total. The summed E-state index contributed by atoms with van der Waals surface area (Å²) in [4.78, 5) is 0. The first kappa shape index (κ1) is 14.9. The van der Waals surface area contributed by atoms with Gasteiger partial charge in [-0.05, 0) is 36.2 Å². The van der Waals surface area contributed by atoms with E-state index in [0.29, 0.717) is 23.8 Å². The fourth-order valence-corrected chi connectivity index (χ4v) is 2.06. The fourth-order valence-electron chi connectivity index (χ4n) is 2.06. The highest BCUT2D eigenvalue weighted by atomic mass is 16.5. The van der Waals surface area contributed by atoms with Crippen molar-refractivity contribution in [1.82, 2.24) is 5.32 Å². The van der Waals surface area contributed by atoms with E-state index in [2.05, 4.69) is 11.4 Å². The molecular formula is C16H18N2O3. The quantitative estimate of drug-likeness (QED) is 0.847. The molecule has 0 aliphatic heterocycles. The summed E-state index contributed by atoms with van der Waals surface area (Å²) in [6, 6.07) is 11.1. The van der Waals surface area contributed by atoms with Crippen LogP contribution in [0, 0.1) is 11.3 Å². The lowest BCUT2D eigenvalue weighted by molar-refractivity contribution is 0.354. The van der Waals surface area contributed by atoms with Crippen molar-refractivity contribution in [2.45, 2.75) is 12.5 Å². The van der Waals surface area contributed by atoms with Crippen molar-refractivity contribution in [3.05, 3.63) is 47.9 Å². The molecular weight excluding hydrogens is 268 g/mol. The highest BCUT2D eigenvalue weighted by Crippen LogP contribution is 2.27. The third kappa shape index (κ3) is 3.77. The number of methoxy groups -OCH3 is 2. The molecule has 5 heteroatoms. The molecule has 0 amide bonds. The lowest BCUT2D eigenvalue weighted by atomic mass is 10.1. The molecule has 0 bridgehead atoms. The number of hydrogen-bond donors (Lipinski definition) is 1. The predicted molar refractivity (Wildman–Crippen MR) is 78.3 cm³/mol. The van der Waals surface area contributed by atoms with Crippen LogP contribution >= 0.6 is 0 Å². The van der Waals surface area contributed by atoms with E-state index in [0.717, 1.165) is 12.0 Å². The van der Waals surface area contributed by atoms with Gasteiger partial charge in [0.2, 0.25) is 0 Å². The topological polar surface area (TPSA) is 67.4 Å². The molecule has 110 valence electrons. The first-order valence-electron chi connectivity index (χ1n) is 6.65. The standard InChI is InChI=1S/C16H18N2O3/c1-19-15-6-5-12(10-16(15)20-2)7-8-18-13(11-17)14-4-3-9-21-14/h3-6,9-10,13,18H,7-8H2,1-2H3/t13-/m0/s1. The van der Waals surface area contributed by atoms with Crippen LogP contribution in [0.3, 0.4) is 0 Å². The van der Waals surface area contributed by atoms with Crippen LogP contribution in [-0.2, 0) is 6.42 Å². The van der Waals surface area contributed by atoms with Crippen LogP contribution in [0.5, 0.6) is 11.5 Å². The van der Waals surface area contributed by atoms with Crippen molar-refractivity contribution < 1.29 is 13.9 Å². The van der Waals surface area contributed by atoms with Crippen molar-refractivity contribution in [2.24, 2.45) is 0 Å². The summed E-state index contributed by atoms with van der Waals surface area (Å²) in [6.07, 6.45) is 2.34. The molecule has 21 heavy (non-hydrogen) atoms. The van der Waals surface area contributed by atoms with Gasteiger partial charge in [-0.25, -0.2) is 0 Å². The Hall–Kier alpha value is -2.45. The number of ether oxygens (including phenoxy) is 2. The second-order valence-electron chi connectivity index (χ2n) is 4.47. The zero-order chi connectivity index (χ0) is 15.1. The van der Waals surface area contributed by atoms with Crippen molar-refractivity contribution in [3.63, 3.8) is 0 Å². The molecule has 5 nitrogen and oxygen atoms in total. The van der Waals surface area contributed by atoms with Gasteiger partial charge in [-0.1, -0.05) is 6.07 Å². The predicted octanol–water partition coefficient (Wildman–Crippen LogP) is 2.69. The highest BCUT2D eigenvalue weighted by molar-refractivity contribution is 5.42. The second-order valence-corrected chi connectivity index (χ2v) is 4.47. The minimum atomic E-state index is -0.430. The van der Waals surface area contributed by atoms with E-state index in [1.54, 1.807) is 32.6 Å². The summed E-state index contributed by atoms with van der Waals surface area (Å²) in [5.41, 5.74) is 1.11. The smallest absolute Gasteiger partial charge is 0.160 e. The average Bonchev–Trinajstić information content (AvgIpc) is 3.05. The van der Waals surface area contributed by atoms with E-state index in [4.69, 9.17) is 19.2 Å². The molecule has 0 spiro atoms. The number of hydrogen-bond acceptors (Lipinski definition) is 5. The zero-order valence-corrected chi connectivity index (χ0v) is 12.1. The van der Waals surface area contributed by atoms with Gasteiger partial charge in [0.15, 0.2) is 17.5 Å². The number of nitrogens with one attached hydrogen (secondary N) is 1. The SMILES string of the molecule is COc1ccc(CCN[C@@H](C#N)c2ccco2)cc1OC. The minimum absolute atomic E-state index is 0.430. The fraction of sp³-hybridized carbons (Fsp3) is 0.312. The number of benzene rings is 1. The Morgan fingerprint density at radius 3 is 2.67 bits per heavy atom. The van der Waals surface area contributed by atoms with E-state index in [1.807, 2.05) is 18.2 Å². The number of furan rings is 1. The monoisotopic (exact) mass is 286 g/mol. The molecule has 0 aliphatic carbocycles. The van der Waals surface area contributed by atoms with Gasteiger partial charge in [0.05, 0.1) is 26.6 Å². The molecule has 0 saturated carbocycles. The molecule has 2 aromatic rings. The molecule has 1 aromatic carbocycles. The Morgan fingerprint density at radius 2 is 2.05 bits per heavy atom. The minimum Gasteiger partial charge on any atom is -0.493 e. The molecule has 1 atom stereocenters. The van der Waals surface area contributed by atoms with Gasteiger partial charge in [0.1, 0.15) is 5.76 Å². The van der Waals surface area contributed by atoms with Crippen molar-refractivity contribution in [3.8, 4) is 17.6 Å². The number of nitriles is 1. The van der Waals surface area contributed by atoms with Crippen LogP contribution in [0.25, 0.3) is 0 Å². The molecule has 0 radical (unpaired) electrons. The van der Waals surface area contributed by atoms with E-state index >= 15 is 0 Å². The molecule has 0 saturated heterocycles. The first-order chi connectivity index (χ1) is 10.3. The van der Waals surface area contributed by atoms with Gasteiger partial charge in [0.25, 0.3) is 0 Å². The normalized spacial score (nSPS) is 11.7. The van der Waals surface area contributed by atoms with E-state index in [1.165, 1.54) is 0 Å². The van der Waals surface area contributed by atoms with E-state index in [9.17, 15) is 0 Å². The van der Waals surface area contributed by atoms with Gasteiger partial charge in [-0.2, -0.15) is 5.26 Å². The summed E-state index contributed by atoms with van der Waals surface area (Å²) < 4.78 is 15.7. The van der Waals surface area contributed by atoms with Gasteiger partial charge in [0, 0.05) is 6.54 Å². The van der Waals surface area contributed by atoms with Crippen LogP contribution in [0.1, 0.15) is 17.4 Å². The molecule has 0 unspecified atom stereocenters. The maximum atomic E-state index is 9.14. The van der Waals surface area contributed by atoms with Crippen molar-refractivity contribution >= 4 is 0 Å². The maximum absolute atomic E-state index is 9.14. The van der Waals surface area contributed by atoms with Crippen molar-refractivity contribution in [1.29, 1.82) is 5.26 Å². The van der Waals surface area contributed by atoms with Gasteiger partial charge in [-0.3, -0.25) is 5.32 Å². The number of rotatable bonds is 7. The lowest BCUT2D eigenvalue weighted by Crippen LogP contribution is -2.22. The summed E-state index contributed by atoms with van der Waals surface area (Å²) in [7, 11) is 3.22. The molecule has 0 aliphatic rings. The Morgan fingerprint density at radius 1 is 1.24 bits per heavy atom. The summed E-state index contributed by atoms with van der Waals surface area (Å²) >= 11 is 0. The Balaban J connectivity index is 1.93. The third-order valence-corrected chi connectivity index (χ3v) is 3.17. The zero-order valence-electron chi connectivity index (χ0n) is 12.1. The highest BCUT2D eigenvalue weighted by Gasteiger charge is 2.12. The Labute approximate surface area is 124 Å². The van der Waals surface area contributed by atoms with Crippen LogP contribution < -0.4 is 14.8 Å². The summed E-state index contributed by atoms with van der Waals surface area (Å²) in [6.45, 7) is 0.661. The average molecular weight is 286 g/mol. The lowest BCUT2D eigenvalue weighted by Gasteiger charge is -2.11. The van der Waals surface area contributed by atoms with Gasteiger partial charge < -0.3 is 13.9 Å². The van der Waals surface area contributed by atoms with Crippen LogP contribution in [0.4, 0.5) is 0 Å². The maximum Gasteiger partial charge on any atom is 0.160 e.